The fourth-order valence-electron chi connectivity index (χ4n) is 4.09. The smallest absolute Gasteiger partial charge is 0.270 e. The molecule has 1 aliphatic heterocycles. The predicted molar refractivity (Wildman–Crippen MR) is 130 cm³/mol. The largest absolute Gasteiger partial charge is 0.361 e. The Morgan fingerprint density at radius 3 is 2.64 bits per heavy atom. The van der Waals surface area contributed by atoms with E-state index in [1.54, 1.807) is 18.2 Å². The average Bonchev–Trinajstić information content (AvgIpc) is 3.26. The van der Waals surface area contributed by atoms with Crippen molar-refractivity contribution >= 4 is 44.5 Å². The van der Waals surface area contributed by atoms with Crippen molar-refractivity contribution in [3.63, 3.8) is 0 Å². The van der Waals surface area contributed by atoms with Crippen LogP contribution in [0.2, 0.25) is 0 Å². The SMILES string of the molecule is O=[N+]([O-])c1cccc(/C=C/S(=O)(=O)N2c3ccccc3C=C[C@@H]2c2c[nH]c3ccccc23)c1. The van der Waals surface area contributed by atoms with Crippen molar-refractivity contribution in [2.45, 2.75) is 6.04 Å². The van der Waals surface area contributed by atoms with E-state index in [4.69, 9.17) is 0 Å². The van der Waals surface area contributed by atoms with Crippen LogP contribution in [0.4, 0.5) is 11.4 Å². The highest BCUT2D eigenvalue weighted by atomic mass is 32.2. The highest BCUT2D eigenvalue weighted by molar-refractivity contribution is 7.95. The molecule has 0 saturated heterocycles. The molecule has 3 aromatic carbocycles. The number of sulfonamides is 1. The molecule has 4 aromatic rings. The second kappa shape index (κ2) is 8.07. The Morgan fingerprint density at radius 2 is 1.79 bits per heavy atom. The number of fused-ring (bicyclic) bond motifs is 2. The average molecular weight is 458 g/mol. The molecule has 8 heteroatoms. The van der Waals surface area contributed by atoms with Gasteiger partial charge in [0, 0.05) is 34.8 Å². The number of aromatic amines is 1. The van der Waals surface area contributed by atoms with Crippen molar-refractivity contribution in [3.05, 3.63) is 117 Å². The molecule has 0 saturated carbocycles. The number of nitrogens with zero attached hydrogens (tertiary/aromatic N) is 2. The summed E-state index contributed by atoms with van der Waals surface area (Å²) in [5.74, 6) is 0. The van der Waals surface area contributed by atoms with Crippen LogP contribution in [-0.4, -0.2) is 18.3 Å². The number of benzene rings is 3. The van der Waals surface area contributed by atoms with Crippen LogP contribution in [-0.2, 0) is 10.0 Å². The van der Waals surface area contributed by atoms with E-state index in [0.717, 1.165) is 27.4 Å². The molecule has 0 bridgehead atoms. The molecule has 7 nitrogen and oxygen atoms in total. The van der Waals surface area contributed by atoms with Crippen molar-refractivity contribution in [3.8, 4) is 0 Å². The van der Waals surface area contributed by atoms with E-state index in [1.807, 2.05) is 54.7 Å². The second-order valence-electron chi connectivity index (χ2n) is 7.65. The Balaban J connectivity index is 1.61. The minimum atomic E-state index is -3.95. The van der Waals surface area contributed by atoms with Gasteiger partial charge in [0.2, 0.25) is 0 Å². The van der Waals surface area contributed by atoms with Gasteiger partial charge >= 0.3 is 0 Å². The summed E-state index contributed by atoms with van der Waals surface area (Å²) in [6.07, 6.45) is 7.02. The van der Waals surface area contributed by atoms with Gasteiger partial charge in [0.1, 0.15) is 0 Å². The summed E-state index contributed by atoms with van der Waals surface area (Å²) >= 11 is 0. The lowest BCUT2D eigenvalue weighted by atomic mass is 9.99. The third-order valence-corrected chi connectivity index (χ3v) is 7.06. The van der Waals surface area contributed by atoms with Crippen LogP contribution in [0.1, 0.15) is 22.7 Å². The zero-order valence-corrected chi connectivity index (χ0v) is 18.1. The van der Waals surface area contributed by atoms with Crippen LogP contribution < -0.4 is 4.31 Å². The number of anilines is 1. The lowest BCUT2D eigenvalue weighted by Crippen LogP contribution is -2.34. The number of rotatable bonds is 5. The highest BCUT2D eigenvalue weighted by Gasteiger charge is 2.33. The van der Waals surface area contributed by atoms with E-state index < -0.39 is 21.0 Å². The summed E-state index contributed by atoms with van der Waals surface area (Å²) in [7, 11) is -3.95. The van der Waals surface area contributed by atoms with Gasteiger partial charge in [0.25, 0.3) is 15.7 Å². The Kier molecular flexibility index (Phi) is 5.07. The molecule has 0 fully saturated rings. The number of nitrogens with one attached hydrogen (secondary N) is 1. The first-order valence-electron chi connectivity index (χ1n) is 10.2. The number of nitro benzene ring substituents is 1. The van der Waals surface area contributed by atoms with E-state index in [0.29, 0.717) is 11.3 Å². The maximum absolute atomic E-state index is 13.6. The Morgan fingerprint density at radius 1 is 1.00 bits per heavy atom. The zero-order chi connectivity index (χ0) is 23.0. The number of hydrogen-bond donors (Lipinski definition) is 1. The summed E-state index contributed by atoms with van der Waals surface area (Å²) in [6, 6.07) is 20.3. The Bertz CT molecular complexity index is 1540. The fraction of sp³-hybridized carbons (Fsp3) is 0.0400. The zero-order valence-electron chi connectivity index (χ0n) is 17.3. The Labute approximate surface area is 190 Å². The van der Waals surface area contributed by atoms with Crippen LogP contribution in [0.3, 0.4) is 0 Å². The first-order valence-corrected chi connectivity index (χ1v) is 11.7. The maximum Gasteiger partial charge on any atom is 0.270 e. The number of aromatic nitrogens is 1. The topological polar surface area (TPSA) is 96.3 Å². The molecule has 0 radical (unpaired) electrons. The normalized spacial score (nSPS) is 15.8. The van der Waals surface area contributed by atoms with E-state index in [2.05, 4.69) is 4.98 Å². The summed E-state index contributed by atoms with van der Waals surface area (Å²) in [5.41, 5.74) is 3.45. The molecule has 5 rings (SSSR count). The molecule has 1 N–H and O–H groups in total. The minimum absolute atomic E-state index is 0.0996. The van der Waals surface area contributed by atoms with Gasteiger partial charge < -0.3 is 4.98 Å². The molecule has 33 heavy (non-hydrogen) atoms. The molecule has 1 aliphatic rings. The number of H-pyrrole nitrogens is 1. The van der Waals surface area contributed by atoms with Crippen molar-refractivity contribution in [1.29, 1.82) is 0 Å². The van der Waals surface area contributed by atoms with Crippen molar-refractivity contribution in [2.24, 2.45) is 0 Å². The van der Waals surface area contributed by atoms with Crippen LogP contribution >= 0.6 is 0 Å². The van der Waals surface area contributed by atoms with E-state index in [-0.39, 0.29) is 5.69 Å². The first-order chi connectivity index (χ1) is 15.9. The van der Waals surface area contributed by atoms with E-state index in [9.17, 15) is 18.5 Å². The van der Waals surface area contributed by atoms with Gasteiger partial charge in [-0.05, 0) is 29.3 Å². The fourth-order valence-corrected chi connectivity index (χ4v) is 5.49. The quantitative estimate of drug-likeness (QED) is 0.309. The first kappa shape index (κ1) is 20.7. The van der Waals surface area contributed by atoms with Gasteiger partial charge in [-0.3, -0.25) is 14.4 Å². The van der Waals surface area contributed by atoms with E-state index >= 15 is 0 Å². The molecular formula is C25H19N3O4S. The third kappa shape index (κ3) is 3.81. The van der Waals surface area contributed by atoms with Gasteiger partial charge in [0.05, 0.1) is 22.1 Å². The van der Waals surface area contributed by atoms with Crippen LogP contribution in [0.5, 0.6) is 0 Å². The molecule has 0 aliphatic carbocycles. The van der Waals surface area contributed by atoms with E-state index in [1.165, 1.54) is 28.6 Å². The van der Waals surface area contributed by atoms with Crippen molar-refractivity contribution in [1.82, 2.24) is 4.98 Å². The molecular weight excluding hydrogens is 438 g/mol. The third-order valence-electron chi connectivity index (χ3n) is 5.61. The number of hydrogen-bond acceptors (Lipinski definition) is 4. The molecule has 0 spiro atoms. The van der Waals surface area contributed by atoms with Gasteiger partial charge in [-0.1, -0.05) is 60.7 Å². The number of nitro groups is 1. The molecule has 2 heterocycles. The standard InChI is InChI=1S/C25H19N3O4S/c29-28(30)20-8-5-6-18(16-20)14-15-33(31,32)27-24-11-4-1-7-19(24)12-13-25(27)22-17-26-23-10-3-2-9-21(22)23/h1-17,25-26H/b15-14+/t25-/m1/s1. The summed E-state index contributed by atoms with van der Waals surface area (Å²) < 4.78 is 28.7. The van der Waals surface area contributed by atoms with Gasteiger partial charge in [-0.2, -0.15) is 0 Å². The van der Waals surface area contributed by atoms with Gasteiger partial charge in [-0.15, -0.1) is 0 Å². The summed E-state index contributed by atoms with van der Waals surface area (Å²) in [6.45, 7) is 0. The predicted octanol–water partition coefficient (Wildman–Crippen LogP) is 5.65. The maximum atomic E-state index is 13.6. The number of non-ortho nitro benzene ring substituents is 1. The molecule has 0 amide bonds. The molecule has 164 valence electrons. The lowest BCUT2D eigenvalue weighted by molar-refractivity contribution is -0.384. The monoisotopic (exact) mass is 457 g/mol. The van der Waals surface area contributed by atoms with Gasteiger partial charge in [-0.25, -0.2) is 8.42 Å². The summed E-state index contributed by atoms with van der Waals surface area (Å²) in [4.78, 5) is 13.8. The number of para-hydroxylation sites is 2. The second-order valence-corrected chi connectivity index (χ2v) is 9.34. The molecule has 1 atom stereocenters. The summed E-state index contributed by atoms with van der Waals surface area (Å²) in [5, 5.41) is 13.1. The van der Waals surface area contributed by atoms with Crippen LogP contribution in [0.25, 0.3) is 23.1 Å². The minimum Gasteiger partial charge on any atom is -0.361 e. The van der Waals surface area contributed by atoms with Crippen molar-refractivity contribution in [2.75, 3.05) is 4.31 Å². The van der Waals surface area contributed by atoms with Crippen molar-refractivity contribution < 1.29 is 13.3 Å². The Hall–Kier alpha value is -4.17. The van der Waals surface area contributed by atoms with Crippen LogP contribution in [0.15, 0.2) is 90.5 Å². The lowest BCUT2D eigenvalue weighted by Gasteiger charge is -2.33. The molecule has 0 unspecified atom stereocenters. The molecule has 1 aromatic heterocycles. The highest BCUT2D eigenvalue weighted by Crippen LogP contribution is 2.41. The van der Waals surface area contributed by atoms with Gasteiger partial charge in [0.15, 0.2) is 0 Å². The van der Waals surface area contributed by atoms with Crippen LogP contribution in [0, 0.1) is 10.1 Å².